The number of rotatable bonds is 6. The number of sulfonamides is 1. The predicted octanol–water partition coefficient (Wildman–Crippen LogP) is 4.08. The van der Waals surface area contributed by atoms with Crippen molar-refractivity contribution in [1.82, 2.24) is 4.31 Å². The number of fused-ring (bicyclic) bond motifs is 1. The van der Waals surface area contributed by atoms with Gasteiger partial charge in [-0.3, -0.25) is 4.79 Å². The third kappa shape index (κ3) is 3.93. The second-order valence-electron chi connectivity index (χ2n) is 6.96. The van der Waals surface area contributed by atoms with Gasteiger partial charge in [0.2, 0.25) is 10.0 Å². The molecule has 156 valence electrons. The Kier molecular flexibility index (Phi) is 6.36. The van der Waals surface area contributed by atoms with Crippen LogP contribution in [0.15, 0.2) is 45.8 Å². The number of methoxy groups -OCH3 is 1. The van der Waals surface area contributed by atoms with E-state index in [0.29, 0.717) is 18.7 Å². The molecule has 0 saturated carbocycles. The molecule has 1 aliphatic rings. The minimum absolute atomic E-state index is 0.0115. The summed E-state index contributed by atoms with van der Waals surface area (Å²) in [6.45, 7) is 6.23. The van der Waals surface area contributed by atoms with Crippen molar-refractivity contribution in [1.29, 1.82) is 0 Å². The zero-order chi connectivity index (χ0) is 21.3. The Morgan fingerprint density at radius 2 is 1.90 bits per heavy atom. The molecule has 0 unspecified atom stereocenters. The van der Waals surface area contributed by atoms with E-state index in [4.69, 9.17) is 4.74 Å². The third-order valence-electron chi connectivity index (χ3n) is 5.21. The summed E-state index contributed by atoms with van der Waals surface area (Å²) in [5.74, 6) is 0.00414. The fraction of sp³-hybridized carbons (Fsp3) is 0.381. The average Bonchev–Trinajstić information content (AvgIpc) is 3.02. The molecule has 0 saturated heterocycles. The lowest BCUT2D eigenvalue weighted by molar-refractivity contribution is 0.0981. The van der Waals surface area contributed by atoms with Crippen molar-refractivity contribution in [3.05, 3.63) is 52.0 Å². The number of carbonyl (C=O) groups excluding carboxylic acids is 1. The lowest BCUT2D eigenvalue weighted by Crippen LogP contribution is -2.36. The van der Waals surface area contributed by atoms with Gasteiger partial charge in [-0.1, -0.05) is 29.8 Å². The Hall–Kier alpha value is -1.90. The van der Waals surface area contributed by atoms with E-state index in [1.54, 1.807) is 30.9 Å². The minimum atomic E-state index is -3.77. The first-order valence-electron chi connectivity index (χ1n) is 9.54. The van der Waals surface area contributed by atoms with E-state index in [-0.39, 0.29) is 22.6 Å². The Morgan fingerprint density at radius 3 is 2.52 bits per heavy atom. The van der Waals surface area contributed by atoms with E-state index in [0.717, 1.165) is 22.1 Å². The SMILES string of the molecule is CCN(CC)S(=O)(=O)c1cc(C(=O)N2c3ccc(Br)cc3C[C@@H]2C)ccc1OC. The highest BCUT2D eigenvalue weighted by Crippen LogP contribution is 2.36. The van der Waals surface area contributed by atoms with Gasteiger partial charge in [0.25, 0.3) is 5.91 Å². The maximum Gasteiger partial charge on any atom is 0.258 e. The van der Waals surface area contributed by atoms with Crippen LogP contribution in [0.25, 0.3) is 0 Å². The number of nitrogens with zero attached hydrogens (tertiary/aromatic N) is 2. The molecule has 0 bridgehead atoms. The van der Waals surface area contributed by atoms with Crippen LogP contribution in [0.4, 0.5) is 5.69 Å². The van der Waals surface area contributed by atoms with Crippen molar-refractivity contribution in [2.45, 2.75) is 38.1 Å². The van der Waals surface area contributed by atoms with Gasteiger partial charge in [0.15, 0.2) is 0 Å². The summed E-state index contributed by atoms with van der Waals surface area (Å²) in [6.07, 6.45) is 0.751. The van der Waals surface area contributed by atoms with Gasteiger partial charge in [0, 0.05) is 34.9 Å². The maximum absolute atomic E-state index is 13.4. The molecule has 0 radical (unpaired) electrons. The van der Waals surface area contributed by atoms with Crippen LogP contribution in [0.1, 0.15) is 36.7 Å². The summed E-state index contributed by atoms with van der Waals surface area (Å²) in [6, 6.07) is 10.4. The zero-order valence-corrected chi connectivity index (χ0v) is 19.4. The average molecular weight is 481 g/mol. The summed E-state index contributed by atoms with van der Waals surface area (Å²) in [5, 5.41) is 0. The monoisotopic (exact) mass is 480 g/mol. The summed E-state index contributed by atoms with van der Waals surface area (Å²) in [7, 11) is -2.35. The van der Waals surface area contributed by atoms with E-state index in [1.807, 2.05) is 25.1 Å². The van der Waals surface area contributed by atoms with Crippen LogP contribution >= 0.6 is 15.9 Å². The molecule has 0 aromatic heterocycles. The first kappa shape index (κ1) is 21.8. The van der Waals surface area contributed by atoms with Crippen LogP contribution in [0.2, 0.25) is 0 Å². The molecule has 6 nitrogen and oxygen atoms in total. The molecule has 1 aliphatic heterocycles. The number of amides is 1. The molecule has 1 heterocycles. The largest absolute Gasteiger partial charge is 0.495 e. The van der Waals surface area contributed by atoms with Gasteiger partial charge in [-0.05, 0) is 55.3 Å². The molecule has 1 atom stereocenters. The summed E-state index contributed by atoms with van der Waals surface area (Å²) < 4.78 is 33.8. The second-order valence-corrected chi connectivity index (χ2v) is 9.78. The quantitative estimate of drug-likeness (QED) is 0.624. The number of anilines is 1. The van der Waals surface area contributed by atoms with Crippen molar-refractivity contribution < 1.29 is 17.9 Å². The molecule has 0 aliphatic carbocycles. The molecule has 29 heavy (non-hydrogen) atoms. The molecular formula is C21H25BrN2O4S. The molecule has 0 fully saturated rings. The van der Waals surface area contributed by atoms with Crippen molar-refractivity contribution in [2.24, 2.45) is 0 Å². The van der Waals surface area contributed by atoms with Gasteiger partial charge >= 0.3 is 0 Å². The lowest BCUT2D eigenvalue weighted by atomic mass is 10.1. The van der Waals surface area contributed by atoms with E-state index in [9.17, 15) is 13.2 Å². The normalized spacial score (nSPS) is 16.2. The van der Waals surface area contributed by atoms with Crippen LogP contribution in [-0.2, 0) is 16.4 Å². The Labute approximate surface area is 180 Å². The number of carbonyl (C=O) groups is 1. The Morgan fingerprint density at radius 1 is 1.21 bits per heavy atom. The van der Waals surface area contributed by atoms with E-state index in [1.165, 1.54) is 17.5 Å². The molecular weight excluding hydrogens is 456 g/mol. The Bertz CT molecular complexity index is 1030. The molecule has 2 aromatic rings. The van der Waals surface area contributed by atoms with Gasteiger partial charge < -0.3 is 9.64 Å². The number of hydrogen-bond donors (Lipinski definition) is 0. The fourth-order valence-corrected chi connectivity index (χ4v) is 5.81. The zero-order valence-electron chi connectivity index (χ0n) is 17.0. The van der Waals surface area contributed by atoms with E-state index < -0.39 is 10.0 Å². The van der Waals surface area contributed by atoms with Crippen LogP contribution in [-0.4, -0.2) is 44.9 Å². The predicted molar refractivity (Wildman–Crippen MR) is 117 cm³/mol. The van der Waals surface area contributed by atoms with E-state index >= 15 is 0 Å². The highest BCUT2D eigenvalue weighted by Gasteiger charge is 2.33. The second kappa shape index (κ2) is 8.45. The number of hydrogen-bond acceptors (Lipinski definition) is 4. The third-order valence-corrected chi connectivity index (χ3v) is 7.77. The highest BCUT2D eigenvalue weighted by atomic mass is 79.9. The lowest BCUT2D eigenvalue weighted by Gasteiger charge is -2.24. The van der Waals surface area contributed by atoms with Crippen LogP contribution in [0, 0.1) is 0 Å². The Balaban J connectivity index is 2.06. The van der Waals surface area contributed by atoms with Crippen molar-refractivity contribution in [3.8, 4) is 5.75 Å². The molecule has 0 N–H and O–H groups in total. The smallest absolute Gasteiger partial charge is 0.258 e. The van der Waals surface area contributed by atoms with Gasteiger partial charge in [0.1, 0.15) is 10.6 Å². The number of benzene rings is 2. The van der Waals surface area contributed by atoms with E-state index in [2.05, 4.69) is 15.9 Å². The molecule has 1 amide bonds. The van der Waals surface area contributed by atoms with Gasteiger partial charge in [-0.25, -0.2) is 8.42 Å². The first-order valence-corrected chi connectivity index (χ1v) is 11.8. The van der Waals surface area contributed by atoms with Crippen molar-refractivity contribution >= 4 is 37.5 Å². The van der Waals surface area contributed by atoms with Crippen LogP contribution in [0.3, 0.4) is 0 Å². The summed E-state index contributed by atoms with van der Waals surface area (Å²) in [4.78, 5) is 15.1. The van der Waals surface area contributed by atoms with Gasteiger partial charge in [-0.2, -0.15) is 4.31 Å². The van der Waals surface area contributed by atoms with Crippen LogP contribution in [0.5, 0.6) is 5.75 Å². The molecule has 0 spiro atoms. The summed E-state index contributed by atoms with van der Waals surface area (Å²) >= 11 is 3.47. The minimum Gasteiger partial charge on any atom is -0.495 e. The standard InChI is InChI=1S/C21H25BrN2O4S/c1-5-23(6-2)29(26,27)20-13-15(7-10-19(20)28-4)21(25)24-14(3)11-16-12-17(22)8-9-18(16)24/h7-10,12-14H,5-6,11H2,1-4H3/t14-/m0/s1. The summed E-state index contributed by atoms with van der Waals surface area (Å²) in [5.41, 5.74) is 2.26. The maximum atomic E-state index is 13.4. The topological polar surface area (TPSA) is 66.9 Å². The number of ether oxygens (including phenoxy) is 1. The van der Waals surface area contributed by atoms with Crippen LogP contribution < -0.4 is 9.64 Å². The van der Waals surface area contributed by atoms with Crippen molar-refractivity contribution in [2.75, 3.05) is 25.1 Å². The molecule has 2 aromatic carbocycles. The number of halogens is 1. The molecule has 3 rings (SSSR count). The highest BCUT2D eigenvalue weighted by molar-refractivity contribution is 9.10. The molecule has 8 heteroatoms. The fourth-order valence-electron chi connectivity index (χ4n) is 3.76. The first-order chi connectivity index (χ1) is 13.7. The van der Waals surface area contributed by atoms with Gasteiger partial charge in [-0.15, -0.1) is 0 Å². The van der Waals surface area contributed by atoms with Gasteiger partial charge in [0.05, 0.1) is 7.11 Å². The van der Waals surface area contributed by atoms with Crippen molar-refractivity contribution in [3.63, 3.8) is 0 Å².